The van der Waals surface area contributed by atoms with Gasteiger partial charge in [-0.15, -0.1) is 0 Å². The minimum atomic E-state index is 0.241. The first-order valence-corrected chi connectivity index (χ1v) is 6.30. The van der Waals surface area contributed by atoms with Gasteiger partial charge in [-0.05, 0) is 43.4 Å². The Labute approximate surface area is 97.7 Å². The van der Waals surface area contributed by atoms with Crippen LogP contribution in [0.5, 0.6) is 0 Å². The largest absolute Gasteiger partial charge is 0.396 e. The van der Waals surface area contributed by atoms with Gasteiger partial charge in [0, 0.05) is 12.6 Å². The van der Waals surface area contributed by atoms with Crippen molar-refractivity contribution in [2.45, 2.75) is 38.1 Å². The number of hydrogen-bond acceptors (Lipinski definition) is 2. The van der Waals surface area contributed by atoms with Gasteiger partial charge in [0.2, 0.25) is 0 Å². The fraction of sp³-hybridized carbons (Fsp3) is 0.571. The minimum Gasteiger partial charge on any atom is -0.396 e. The van der Waals surface area contributed by atoms with E-state index < -0.39 is 0 Å². The molecule has 1 fully saturated rings. The van der Waals surface area contributed by atoms with Crippen molar-refractivity contribution in [3.63, 3.8) is 0 Å². The van der Waals surface area contributed by atoms with Crippen LogP contribution in [0.2, 0.25) is 0 Å². The fourth-order valence-corrected chi connectivity index (χ4v) is 2.42. The van der Waals surface area contributed by atoms with Gasteiger partial charge in [0.15, 0.2) is 0 Å². The van der Waals surface area contributed by atoms with E-state index in [0.717, 1.165) is 12.8 Å². The van der Waals surface area contributed by atoms with Crippen LogP contribution in [0, 0.1) is 0 Å². The van der Waals surface area contributed by atoms with Crippen molar-refractivity contribution in [1.29, 1.82) is 0 Å². The number of rotatable bonds is 4. The van der Waals surface area contributed by atoms with Crippen molar-refractivity contribution in [2.24, 2.45) is 0 Å². The maximum Gasteiger partial charge on any atom is 0.0471 e. The number of benzene rings is 1. The van der Waals surface area contributed by atoms with Crippen molar-refractivity contribution in [3.8, 4) is 0 Å². The molecule has 0 bridgehead atoms. The van der Waals surface area contributed by atoms with Crippen molar-refractivity contribution < 1.29 is 5.11 Å². The molecule has 0 saturated carbocycles. The minimum absolute atomic E-state index is 0.241. The molecule has 2 N–H and O–H groups in total. The summed E-state index contributed by atoms with van der Waals surface area (Å²) in [5, 5.41) is 12.5. The molecule has 0 aromatic heterocycles. The molecule has 2 heteroatoms. The second-order valence-corrected chi connectivity index (χ2v) is 4.64. The highest BCUT2D eigenvalue weighted by molar-refractivity contribution is 5.24. The van der Waals surface area contributed by atoms with Crippen LogP contribution in [0.3, 0.4) is 0 Å². The summed E-state index contributed by atoms with van der Waals surface area (Å²) < 4.78 is 0. The number of aliphatic hydroxyl groups excluding tert-OH is 1. The lowest BCUT2D eigenvalue weighted by molar-refractivity contribution is 0.299. The van der Waals surface area contributed by atoms with Gasteiger partial charge >= 0.3 is 0 Å². The van der Waals surface area contributed by atoms with Crippen LogP contribution in [-0.2, 0) is 12.8 Å². The lowest BCUT2D eigenvalue weighted by atomic mass is 9.96. The molecule has 1 aromatic carbocycles. The van der Waals surface area contributed by atoms with Crippen molar-refractivity contribution in [2.75, 3.05) is 13.2 Å². The summed E-state index contributed by atoms with van der Waals surface area (Å²) in [7, 11) is 0. The van der Waals surface area contributed by atoms with Crippen molar-refractivity contribution in [1.82, 2.24) is 5.32 Å². The highest BCUT2D eigenvalue weighted by atomic mass is 16.2. The molecule has 0 aliphatic carbocycles. The van der Waals surface area contributed by atoms with E-state index in [1.54, 1.807) is 0 Å². The monoisotopic (exact) mass is 219 g/mol. The summed E-state index contributed by atoms with van der Waals surface area (Å²) in [5.74, 6) is 0. The molecule has 0 radical (unpaired) electrons. The maximum atomic E-state index is 8.92. The number of aliphatic hydroxyl groups is 1. The van der Waals surface area contributed by atoms with Gasteiger partial charge in [0.1, 0.15) is 0 Å². The molecule has 88 valence electrons. The molecule has 1 unspecified atom stereocenters. The molecule has 1 aliphatic heterocycles. The molecule has 1 atom stereocenters. The molecular weight excluding hydrogens is 198 g/mol. The molecule has 16 heavy (non-hydrogen) atoms. The number of piperidine rings is 1. The van der Waals surface area contributed by atoms with Gasteiger partial charge in [0.25, 0.3) is 0 Å². The van der Waals surface area contributed by atoms with Crippen molar-refractivity contribution >= 4 is 0 Å². The summed E-state index contributed by atoms with van der Waals surface area (Å²) in [5.41, 5.74) is 2.64. The molecule has 1 aliphatic rings. The van der Waals surface area contributed by atoms with Crippen LogP contribution >= 0.6 is 0 Å². The number of hydrogen-bond donors (Lipinski definition) is 2. The summed E-state index contributed by atoms with van der Waals surface area (Å²) in [6, 6.07) is 9.26. The zero-order valence-corrected chi connectivity index (χ0v) is 9.78. The first-order valence-electron chi connectivity index (χ1n) is 6.30. The van der Waals surface area contributed by atoms with Crippen LogP contribution in [0.25, 0.3) is 0 Å². The molecule has 0 amide bonds. The van der Waals surface area contributed by atoms with Crippen LogP contribution in [0.15, 0.2) is 24.3 Å². The highest BCUT2D eigenvalue weighted by Crippen LogP contribution is 2.14. The highest BCUT2D eigenvalue weighted by Gasteiger charge is 2.12. The lowest BCUT2D eigenvalue weighted by Crippen LogP contribution is -2.35. The predicted octanol–water partition coefficient (Wildman–Crippen LogP) is 1.91. The Morgan fingerprint density at radius 3 is 2.88 bits per heavy atom. The maximum absolute atomic E-state index is 8.92. The summed E-state index contributed by atoms with van der Waals surface area (Å²) in [4.78, 5) is 0. The van der Waals surface area contributed by atoms with Crippen LogP contribution < -0.4 is 5.32 Å². The third-order valence-corrected chi connectivity index (χ3v) is 3.29. The first kappa shape index (κ1) is 11.6. The van der Waals surface area contributed by atoms with Crippen LogP contribution in [0.4, 0.5) is 0 Å². The standard InChI is InChI=1S/C14H21NO/c16-9-7-12-4-3-5-13(10-12)11-14-6-1-2-8-15-14/h3-5,10,14-16H,1-2,6-9,11H2. The smallest absolute Gasteiger partial charge is 0.0471 e. The quantitative estimate of drug-likeness (QED) is 0.810. The van der Waals surface area contributed by atoms with E-state index in [4.69, 9.17) is 5.11 Å². The second kappa shape index (κ2) is 6.02. The molecule has 2 rings (SSSR count). The van der Waals surface area contributed by atoms with Gasteiger partial charge in [-0.3, -0.25) is 0 Å². The average Bonchev–Trinajstić information content (AvgIpc) is 2.31. The Hall–Kier alpha value is -0.860. The van der Waals surface area contributed by atoms with Gasteiger partial charge in [-0.1, -0.05) is 30.7 Å². The van der Waals surface area contributed by atoms with E-state index in [-0.39, 0.29) is 6.61 Å². The third kappa shape index (κ3) is 3.32. The van der Waals surface area contributed by atoms with Crippen LogP contribution in [0.1, 0.15) is 30.4 Å². The summed E-state index contributed by atoms with van der Waals surface area (Å²) >= 11 is 0. The Morgan fingerprint density at radius 1 is 1.25 bits per heavy atom. The average molecular weight is 219 g/mol. The van der Waals surface area contributed by atoms with Crippen LogP contribution in [-0.4, -0.2) is 24.3 Å². The van der Waals surface area contributed by atoms with Gasteiger partial charge in [0.05, 0.1) is 0 Å². The first-order chi connectivity index (χ1) is 7.88. The molecule has 1 saturated heterocycles. The predicted molar refractivity (Wildman–Crippen MR) is 66.6 cm³/mol. The van der Waals surface area contributed by atoms with E-state index in [9.17, 15) is 0 Å². The lowest BCUT2D eigenvalue weighted by Gasteiger charge is -2.23. The van der Waals surface area contributed by atoms with E-state index in [2.05, 4.69) is 29.6 Å². The molecule has 2 nitrogen and oxygen atoms in total. The third-order valence-electron chi connectivity index (χ3n) is 3.29. The topological polar surface area (TPSA) is 32.3 Å². The van der Waals surface area contributed by atoms with E-state index >= 15 is 0 Å². The molecule has 1 aromatic rings. The van der Waals surface area contributed by atoms with Gasteiger partial charge in [-0.2, -0.15) is 0 Å². The van der Waals surface area contributed by atoms with E-state index in [1.165, 1.54) is 36.9 Å². The van der Waals surface area contributed by atoms with Gasteiger partial charge in [-0.25, -0.2) is 0 Å². The summed E-state index contributed by atoms with van der Waals surface area (Å²) in [6.07, 6.45) is 5.87. The summed E-state index contributed by atoms with van der Waals surface area (Å²) in [6.45, 7) is 1.41. The zero-order chi connectivity index (χ0) is 11.2. The SMILES string of the molecule is OCCc1cccc(CC2CCCCN2)c1. The fourth-order valence-electron chi connectivity index (χ4n) is 2.42. The molecule has 1 heterocycles. The Morgan fingerprint density at radius 2 is 2.12 bits per heavy atom. The normalized spacial score (nSPS) is 20.9. The molecule has 0 spiro atoms. The van der Waals surface area contributed by atoms with Crippen molar-refractivity contribution in [3.05, 3.63) is 35.4 Å². The van der Waals surface area contributed by atoms with Gasteiger partial charge < -0.3 is 10.4 Å². The number of nitrogens with one attached hydrogen (secondary N) is 1. The Bertz CT molecular complexity index is 318. The zero-order valence-electron chi connectivity index (χ0n) is 9.78. The Balaban J connectivity index is 1.94. The Kier molecular flexibility index (Phi) is 4.37. The second-order valence-electron chi connectivity index (χ2n) is 4.64. The van der Waals surface area contributed by atoms with E-state index in [0.29, 0.717) is 6.04 Å². The van der Waals surface area contributed by atoms with E-state index in [1.807, 2.05) is 0 Å². The molecular formula is C14H21NO.